The van der Waals surface area contributed by atoms with E-state index in [0.717, 1.165) is 16.7 Å². The molecule has 22 heteroatoms. The number of rotatable bonds is 14. The van der Waals surface area contributed by atoms with E-state index in [4.69, 9.17) is 42.6 Å². The minimum Gasteiger partial charge on any atom is -0.490 e. The summed E-state index contributed by atoms with van der Waals surface area (Å²) >= 11 is 0. The molecule has 7 N–H and O–H groups in total. The lowest BCUT2D eigenvalue weighted by molar-refractivity contribution is -0.328. The lowest BCUT2D eigenvalue weighted by atomic mass is 9.76. The van der Waals surface area contributed by atoms with Crippen LogP contribution in [0.1, 0.15) is 180 Å². The van der Waals surface area contributed by atoms with Gasteiger partial charge in [0.15, 0.2) is 5.79 Å². The molecule has 22 nitrogen and oxygen atoms in total. The average molecular weight is 1430 g/mol. The third-order valence-corrected chi connectivity index (χ3v) is 22.4. The molecule has 0 radical (unpaired) electrons. The van der Waals surface area contributed by atoms with Crippen molar-refractivity contribution in [2.75, 3.05) is 42.1 Å². The van der Waals surface area contributed by atoms with Gasteiger partial charge in [0.05, 0.1) is 62.0 Å². The first kappa shape index (κ1) is 86.8. The zero-order valence-corrected chi connectivity index (χ0v) is 64.0. The van der Waals surface area contributed by atoms with Gasteiger partial charge in [0.25, 0.3) is 11.7 Å². The minimum absolute atomic E-state index is 0.00492. The Balaban J connectivity index is 0.000000377. The number of allylic oxidation sites excluding steroid dienone is 9. The van der Waals surface area contributed by atoms with Crippen molar-refractivity contribution in [2.45, 2.75) is 277 Å². The molecule has 6 rings (SSSR count). The molecule has 26 atom stereocenters. The molecule has 5 heterocycles. The van der Waals surface area contributed by atoms with Gasteiger partial charge in [0, 0.05) is 89.3 Å². The number of aliphatic hydroxyl groups excluding tert-OH is 5. The number of carbonyl (C=O) groups excluding carboxylic acids is 5. The van der Waals surface area contributed by atoms with Crippen molar-refractivity contribution in [3.63, 3.8) is 0 Å². The second-order valence-corrected chi connectivity index (χ2v) is 30.8. The zero-order valence-electron chi connectivity index (χ0n) is 64.0. The van der Waals surface area contributed by atoms with E-state index in [2.05, 4.69) is 6.58 Å². The van der Waals surface area contributed by atoms with E-state index in [1.54, 1.807) is 53.0 Å². The van der Waals surface area contributed by atoms with E-state index in [1.807, 2.05) is 99.6 Å². The summed E-state index contributed by atoms with van der Waals surface area (Å²) in [5.41, 5.74) is 3.39. The first-order valence-electron chi connectivity index (χ1n) is 36.8. The quantitative estimate of drug-likeness (QED) is 0.0484. The molecule has 0 aromatic heterocycles. The van der Waals surface area contributed by atoms with Gasteiger partial charge in [-0.2, -0.15) is 0 Å². The van der Waals surface area contributed by atoms with Crippen LogP contribution < -0.4 is 0 Å². The molecule has 574 valence electrons. The van der Waals surface area contributed by atoms with Crippen LogP contribution in [0.15, 0.2) is 83.2 Å². The Kier molecular flexibility index (Phi) is 34.0. The van der Waals surface area contributed by atoms with Gasteiger partial charge in [0.1, 0.15) is 36.2 Å². The fraction of sp³-hybridized carbons (Fsp3) is 0.759. The number of piperidine rings is 1. The summed E-state index contributed by atoms with van der Waals surface area (Å²) in [6.45, 7) is 30.1. The number of carbonyl (C=O) groups is 5. The van der Waals surface area contributed by atoms with Crippen LogP contribution in [0.3, 0.4) is 0 Å². The van der Waals surface area contributed by atoms with E-state index in [0.29, 0.717) is 63.4 Å². The number of Topliss-reactive ketones (excluding diaryl/α,β-unsaturated/α-hetero) is 2. The Morgan fingerprint density at radius 2 is 1.40 bits per heavy atom. The van der Waals surface area contributed by atoms with Gasteiger partial charge in [0.2, 0.25) is 11.5 Å². The lowest BCUT2D eigenvalue weighted by Gasteiger charge is -2.49. The molecule has 1 aliphatic carbocycles. The Morgan fingerprint density at radius 1 is 0.743 bits per heavy atom. The number of aliphatic hydroxyl groups is 7. The molecule has 5 aliphatic heterocycles. The highest BCUT2D eigenvalue weighted by Crippen LogP contribution is 2.43. The van der Waals surface area contributed by atoms with Crippen LogP contribution in [0.4, 0.5) is 0 Å². The first-order chi connectivity index (χ1) is 47.4. The number of ketones is 2. The first-order valence-corrected chi connectivity index (χ1v) is 36.8. The predicted octanol–water partition coefficient (Wildman–Crippen LogP) is 9.33. The molecule has 0 aromatic carbocycles. The largest absolute Gasteiger partial charge is 0.490 e. The normalized spacial score (nSPS) is 41.1. The van der Waals surface area contributed by atoms with Crippen molar-refractivity contribution in [1.82, 2.24) is 4.90 Å². The number of cyclic esters (lactones) is 2. The summed E-state index contributed by atoms with van der Waals surface area (Å²) in [5, 5.41) is 79.2. The van der Waals surface area contributed by atoms with Crippen molar-refractivity contribution in [2.24, 2.45) is 65.1 Å². The van der Waals surface area contributed by atoms with E-state index >= 15 is 0 Å². The maximum absolute atomic E-state index is 14.3. The Labute approximate surface area is 601 Å². The molecular weight excluding hydrogens is 1300 g/mol. The maximum Gasteiger partial charge on any atom is 0.373 e. The molecule has 101 heavy (non-hydrogen) atoms. The highest BCUT2D eigenvalue weighted by Gasteiger charge is 2.57. The van der Waals surface area contributed by atoms with Gasteiger partial charge in [-0.1, -0.05) is 128 Å². The van der Waals surface area contributed by atoms with Gasteiger partial charge in [-0.3, -0.25) is 14.4 Å². The van der Waals surface area contributed by atoms with Crippen molar-refractivity contribution in [3.8, 4) is 0 Å². The predicted molar refractivity (Wildman–Crippen MR) is 383 cm³/mol. The summed E-state index contributed by atoms with van der Waals surface area (Å²) in [5.74, 6) is -12.3. The van der Waals surface area contributed by atoms with Gasteiger partial charge in [-0.25, -0.2) is 9.59 Å². The smallest absolute Gasteiger partial charge is 0.373 e. The summed E-state index contributed by atoms with van der Waals surface area (Å²) in [6, 6.07) is -1.14. The second kappa shape index (κ2) is 39.5. The van der Waals surface area contributed by atoms with Crippen molar-refractivity contribution in [1.29, 1.82) is 0 Å². The van der Waals surface area contributed by atoms with Crippen LogP contribution in [0.5, 0.6) is 0 Å². The molecule has 0 aromatic rings. The highest BCUT2D eigenvalue weighted by molar-refractivity contribution is 6.39. The standard InChI is InChI=1S/C44H69NO12.C35H58O9/c1-10-13-31-19-25(2)18-26(3)20-37(54-8)40-38(55-9)22-28(5)44(52,57-40)41(49)42(50)45-17-12-11-14-32(45)43(51)56-39(29(6)34(47)24-35(31)48)27(4)21-30-15-16-33(46)36(23-30)53-7;1-19(2)32-24(7)27(36)18-35(40,44-32)26(9)31(38)25(8)33-28(41-10)14-12-13-20(3)15-22(5)30(37)23(6)16-21(4)17-29(42-11)34(39)43-33/h10,19,21,26,28-34,36-40,46-47,52H,1,11-18,20,22-24H2,2-9H3;12-14,16-17,19,22-28,30-33,36-38,40H,15,18H2,1-11H3/b25-19+,27-21+;14-12+,20-13+,21-16+,29-17-/t26-,28+,29+,30?,31+,32-,33?,34-,36+,37-,38-,39+,40+,44+;22-,23+,24-,25-,26-,27+,28-,30-,31+,32+,33+,35+/m00/s1. The number of hydrogen-bond donors (Lipinski definition) is 7. The van der Waals surface area contributed by atoms with Crippen molar-refractivity contribution >= 4 is 29.4 Å². The van der Waals surface area contributed by atoms with E-state index in [1.165, 1.54) is 33.3 Å². The van der Waals surface area contributed by atoms with Gasteiger partial charge >= 0.3 is 11.9 Å². The summed E-state index contributed by atoms with van der Waals surface area (Å²) < 4.78 is 53.1. The molecule has 1 saturated carbocycles. The molecule has 6 aliphatic rings. The second-order valence-electron chi connectivity index (χ2n) is 30.8. The van der Waals surface area contributed by atoms with Crippen molar-refractivity contribution < 1.29 is 102 Å². The third-order valence-electron chi connectivity index (χ3n) is 22.4. The number of hydrogen-bond acceptors (Lipinski definition) is 21. The Hall–Kier alpha value is -4.79. The molecule has 3 saturated heterocycles. The van der Waals surface area contributed by atoms with E-state index in [-0.39, 0.29) is 85.4 Å². The van der Waals surface area contributed by atoms with Crippen LogP contribution in [0, 0.1) is 65.1 Å². The van der Waals surface area contributed by atoms with Crippen LogP contribution in [-0.4, -0.2) is 209 Å². The van der Waals surface area contributed by atoms with E-state index < -0.39 is 144 Å². The van der Waals surface area contributed by atoms with Gasteiger partial charge in [-0.15, -0.1) is 6.58 Å². The molecule has 4 fully saturated rings. The SMILES string of the molecule is C=CC[C@@H]1/C=C(\C)C[C@H](C)C[C@H](OC)[C@H]2O[C@@](O)(C(=O)C(=O)N3CCCC[C@H]3C(=O)O[C@H](/C(C)=C/C3CCC(O)[C@H](OC)C3)[C@H](C)[C@@H](O)CC1=O)[C@H](C)C[C@@H]2OC.CO/C1=C\C(C)=C\[C@@H](C)[C@@H](O)[C@@H](C)C/C(C)=C/C=C/[C@H](OC)[C@@H]([C@@H](C)[C@@H](O)[C@H](C)[C@@]2(O)C[C@@H](O)[C@H](C)[C@@H](C(C)C)O2)OC1=O. The number of methoxy groups -OCH3 is 5. The lowest BCUT2D eigenvalue weighted by Crippen LogP contribution is -2.64. The Morgan fingerprint density at radius 3 is 2.01 bits per heavy atom. The maximum atomic E-state index is 14.3. The highest BCUT2D eigenvalue weighted by atomic mass is 16.7. The van der Waals surface area contributed by atoms with Gasteiger partial charge in [-0.05, 0) is 134 Å². The number of fused-ring (bicyclic) bond motifs is 3. The van der Waals surface area contributed by atoms with E-state index in [9.17, 15) is 59.7 Å². The van der Waals surface area contributed by atoms with Crippen LogP contribution >= 0.6 is 0 Å². The summed E-state index contributed by atoms with van der Waals surface area (Å²) in [7, 11) is 7.49. The fourth-order valence-corrected chi connectivity index (χ4v) is 16.0. The number of amides is 1. The molecular formula is C79H127NO21. The number of ether oxygens (including phenoxy) is 9. The minimum atomic E-state index is -2.51. The van der Waals surface area contributed by atoms with Crippen molar-refractivity contribution in [3.05, 3.63) is 83.2 Å². The molecule has 2 bridgehead atoms. The monoisotopic (exact) mass is 1430 g/mol. The fourth-order valence-electron chi connectivity index (χ4n) is 16.0. The summed E-state index contributed by atoms with van der Waals surface area (Å²) in [4.78, 5) is 71.3. The van der Waals surface area contributed by atoms with Crippen LogP contribution in [-0.2, 0) is 66.6 Å². The molecule has 2 unspecified atom stereocenters. The third kappa shape index (κ3) is 22.6. The average Bonchev–Trinajstić information content (AvgIpc) is 0.865. The van der Waals surface area contributed by atoms with Crippen LogP contribution in [0.25, 0.3) is 0 Å². The topological polar surface area (TPSA) is 313 Å². The molecule has 0 spiro atoms. The summed E-state index contributed by atoms with van der Waals surface area (Å²) in [6.07, 6.45) is 9.78. The van der Waals surface area contributed by atoms with Gasteiger partial charge < -0.3 is 83.3 Å². The van der Waals surface area contributed by atoms with Crippen LogP contribution in [0.2, 0.25) is 0 Å². The Bertz CT molecular complexity index is 2920. The number of esters is 2. The number of nitrogens with zero attached hydrogens (tertiary/aromatic N) is 1. The zero-order chi connectivity index (χ0) is 75.7. The molecule has 1 amide bonds.